The normalized spacial score (nSPS) is 22.1. The number of thiazole rings is 1. The highest BCUT2D eigenvalue weighted by molar-refractivity contribution is 7.11. The number of ether oxygens (including phenoxy) is 2. The molecular weight excluding hydrogens is 390 g/mol. The molecule has 0 bridgehead atoms. The van der Waals surface area contributed by atoms with E-state index in [2.05, 4.69) is 32.5 Å². The molecule has 1 saturated carbocycles. The number of hydrogen-bond donors (Lipinski definition) is 1. The number of hydrogen-bond acceptors (Lipinski definition) is 8. The second kappa shape index (κ2) is 10.5. The molecule has 2 aromatic rings. The maximum absolute atomic E-state index is 8.58. The van der Waals surface area contributed by atoms with Crippen molar-refractivity contribution in [2.24, 2.45) is 5.73 Å². The zero-order valence-corrected chi connectivity index (χ0v) is 17.8. The lowest BCUT2D eigenvalue weighted by molar-refractivity contribution is -0.106. The van der Waals surface area contributed by atoms with Gasteiger partial charge in [0.05, 0.1) is 11.1 Å². The molecule has 0 spiro atoms. The standard InChI is InChI=1S/C19H26N4O2S.CH3NO/c1-13-7-16(10-23(13)11-17-9-20-14(2)26-17)25-19-8-18(21-12-22-19)24-15-5-3-4-6-15;2-1-3/h8-9,12-13,15-16H,3-7,10-11H2,1-2H3;1H,(H2,2,3). The second-order valence-electron chi connectivity index (χ2n) is 7.45. The fourth-order valence-corrected chi connectivity index (χ4v) is 4.65. The third-order valence-corrected chi connectivity index (χ3v) is 6.09. The first kappa shape index (κ1) is 21.4. The van der Waals surface area contributed by atoms with Crippen molar-refractivity contribution in [3.8, 4) is 11.8 Å². The summed E-state index contributed by atoms with van der Waals surface area (Å²) in [4.78, 5) is 25.2. The number of nitrogens with zero attached hydrogens (tertiary/aromatic N) is 4. The fourth-order valence-electron chi connectivity index (χ4n) is 3.83. The Balaban J connectivity index is 0.000000755. The van der Waals surface area contributed by atoms with E-state index in [0.717, 1.165) is 37.4 Å². The van der Waals surface area contributed by atoms with Crippen molar-refractivity contribution in [3.63, 3.8) is 0 Å². The zero-order valence-electron chi connectivity index (χ0n) is 17.0. The van der Waals surface area contributed by atoms with Crippen molar-refractivity contribution in [3.05, 3.63) is 28.5 Å². The minimum atomic E-state index is 0.147. The van der Waals surface area contributed by atoms with E-state index in [1.165, 1.54) is 24.0 Å². The molecule has 2 unspecified atom stereocenters. The second-order valence-corrected chi connectivity index (χ2v) is 8.77. The van der Waals surface area contributed by atoms with Crippen molar-refractivity contribution in [1.82, 2.24) is 19.9 Å². The molecule has 2 atom stereocenters. The minimum absolute atomic E-state index is 0.147. The van der Waals surface area contributed by atoms with Crippen LogP contribution in [-0.2, 0) is 11.3 Å². The molecule has 1 aliphatic carbocycles. The van der Waals surface area contributed by atoms with Gasteiger partial charge >= 0.3 is 0 Å². The van der Waals surface area contributed by atoms with Gasteiger partial charge in [-0.15, -0.1) is 11.3 Å². The van der Waals surface area contributed by atoms with Gasteiger partial charge < -0.3 is 15.2 Å². The minimum Gasteiger partial charge on any atom is -0.474 e. The summed E-state index contributed by atoms with van der Waals surface area (Å²) in [6.45, 7) is 6.15. The van der Waals surface area contributed by atoms with Crippen LogP contribution in [0.25, 0.3) is 0 Å². The molecule has 9 heteroatoms. The number of carbonyl (C=O) groups excluding carboxylic acids is 1. The Hall–Kier alpha value is -2.26. The predicted octanol–water partition coefficient (Wildman–Crippen LogP) is 2.71. The van der Waals surface area contributed by atoms with Gasteiger partial charge in [0.2, 0.25) is 18.2 Å². The first-order chi connectivity index (χ1) is 14.1. The summed E-state index contributed by atoms with van der Waals surface area (Å²) in [5, 5.41) is 1.12. The highest BCUT2D eigenvalue weighted by atomic mass is 32.1. The molecule has 1 saturated heterocycles. The number of rotatable bonds is 6. The summed E-state index contributed by atoms with van der Waals surface area (Å²) in [5.41, 5.74) is 4.17. The number of aryl methyl sites for hydroxylation is 1. The van der Waals surface area contributed by atoms with Gasteiger partial charge in [-0.1, -0.05) is 0 Å². The number of likely N-dealkylation sites (tertiary alicyclic amines) is 1. The summed E-state index contributed by atoms with van der Waals surface area (Å²) in [7, 11) is 0. The molecule has 158 valence electrons. The van der Waals surface area contributed by atoms with Gasteiger partial charge in [-0.25, -0.2) is 15.0 Å². The molecule has 2 fully saturated rings. The zero-order chi connectivity index (χ0) is 20.6. The third kappa shape index (κ3) is 6.37. The van der Waals surface area contributed by atoms with Crippen LogP contribution in [0.15, 0.2) is 18.6 Å². The van der Waals surface area contributed by atoms with Crippen molar-refractivity contribution in [2.45, 2.75) is 70.7 Å². The molecule has 2 aliphatic rings. The van der Waals surface area contributed by atoms with E-state index in [4.69, 9.17) is 14.3 Å². The van der Waals surface area contributed by atoms with Gasteiger partial charge in [-0.3, -0.25) is 9.69 Å². The Morgan fingerprint density at radius 2 is 1.86 bits per heavy atom. The van der Waals surface area contributed by atoms with Crippen LogP contribution >= 0.6 is 11.3 Å². The van der Waals surface area contributed by atoms with Crippen LogP contribution in [0.1, 0.15) is 48.9 Å². The van der Waals surface area contributed by atoms with Crippen molar-refractivity contribution in [1.29, 1.82) is 0 Å². The number of amides is 1. The van der Waals surface area contributed by atoms with E-state index in [9.17, 15) is 0 Å². The van der Waals surface area contributed by atoms with Gasteiger partial charge in [0.25, 0.3) is 0 Å². The third-order valence-electron chi connectivity index (χ3n) is 5.19. The Morgan fingerprint density at radius 3 is 2.48 bits per heavy atom. The Labute approximate surface area is 175 Å². The molecule has 29 heavy (non-hydrogen) atoms. The number of primary amides is 1. The van der Waals surface area contributed by atoms with E-state index >= 15 is 0 Å². The van der Waals surface area contributed by atoms with Gasteiger partial charge in [0, 0.05) is 36.6 Å². The lowest BCUT2D eigenvalue weighted by Gasteiger charge is -2.19. The topological polar surface area (TPSA) is 103 Å². The number of carbonyl (C=O) groups is 1. The number of aromatic nitrogens is 3. The number of nitrogens with two attached hydrogens (primary N) is 1. The summed E-state index contributed by atoms with van der Waals surface area (Å²) in [5.74, 6) is 1.24. The van der Waals surface area contributed by atoms with Crippen LogP contribution < -0.4 is 15.2 Å². The molecule has 1 amide bonds. The molecule has 0 radical (unpaired) electrons. The average Bonchev–Trinajstić information content (AvgIpc) is 3.40. The van der Waals surface area contributed by atoms with Crippen LogP contribution in [0.4, 0.5) is 0 Å². The maximum atomic E-state index is 8.58. The van der Waals surface area contributed by atoms with E-state index in [1.807, 2.05) is 19.2 Å². The molecule has 4 rings (SSSR count). The Bertz CT molecular complexity index is 781. The van der Waals surface area contributed by atoms with Gasteiger partial charge in [0.1, 0.15) is 18.5 Å². The smallest absolute Gasteiger partial charge is 0.220 e. The molecule has 3 heterocycles. The predicted molar refractivity (Wildman–Crippen MR) is 111 cm³/mol. The lowest BCUT2D eigenvalue weighted by atomic mass is 10.2. The lowest BCUT2D eigenvalue weighted by Crippen LogP contribution is -2.27. The van der Waals surface area contributed by atoms with Gasteiger partial charge in [-0.05, 0) is 39.5 Å². The van der Waals surface area contributed by atoms with E-state index in [0.29, 0.717) is 23.9 Å². The van der Waals surface area contributed by atoms with Crippen LogP contribution in [0, 0.1) is 6.92 Å². The maximum Gasteiger partial charge on any atom is 0.220 e. The quantitative estimate of drug-likeness (QED) is 0.718. The molecular formula is C20H29N5O3S. The molecule has 8 nitrogen and oxygen atoms in total. The fraction of sp³-hybridized carbons (Fsp3) is 0.600. The monoisotopic (exact) mass is 419 g/mol. The van der Waals surface area contributed by atoms with Crippen LogP contribution in [-0.4, -0.2) is 51.1 Å². The first-order valence-electron chi connectivity index (χ1n) is 10.0. The highest BCUT2D eigenvalue weighted by Crippen LogP contribution is 2.27. The van der Waals surface area contributed by atoms with E-state index in [-0.39, 0.29) is 12.5 Å². The molecule has 2 N–H and O–H groups in total. The van der Waals surface area contributed by atoms with Crippen molar-refractivity contribution in [2.75, 3.05) is 6.54 Å². The van der Waals surface area contributed by atoms with Crippen LogP contribution in [0.2, 0.25) is 0 Å². The summed E-state index contributed by atoms with van der Waals surface area (Å²) < 4.78 is 12.1. The SMILES string of the molecule is Cc1ncc(CN2CC(Oc3cc(OC4CCCC4)ncn3)CC2C)s1.NC=O. The van der Waals surface area contributed by atoms with Crippen molar-refractivity contribution >= 4 is 17.7 Å². The molecule has 2 aromatic heterocycles. The van der Waals surface area contributed by atoms with Gasteiger partial charge in [0.15, 0.2) is 0 Å². The summed E-state index contributed by atoms with van der Waals surface area (Å²) in [6, 6.07) is 2.32. The summed E-state index contributed by atoms with van der Waals surface area (Å²) in [6.07, 6.45) is 9.94. The van der Waals surface area contributed by atoms with Gasteiger partial charge in [-0.2, -0.15) is 0 Å². The Morgan fingerprint density at radius 1 is 1.21 bits per heavy atom. The summed E-state index contributed by atoms with van der Waals surface area (Å²) >= 11 is 1.77. The molecule has 0 aromatic carbocycles. The Kier molecular flexibility index (Phi) is 7.76. The van der Waals surface area contributed by atoms with E-state index < -0.39 is 0 Å². The van der Waals surface area contributed by atoms with Crippen LogP contribution in [0.3, 0.4) is 0 Å². The average molecular weight is 420 g/mol. The van der Waals surface area contributed by atoms with E-state index in [1.54, 1.807) is 11.3 Å². The largest absolute Gasteiger partial charge is 0.474 e. The highest BCUT2D eigenvalue weighted by Gasteiger charge is 2.31. The van der Waals surface area contributed by atoms with Crippen LogP contribution in [0.5, 0.6) is 11.8 Å². The molecule has 1 aliphatic heterocycles. The first-order valence-corrected chi connectivity index (χ1v) is 10.8. The van der Waals surface area contributed by atoms with Crippen molar-refractivity contribution < 1.29 is 14.3 Å².